The van der Waals surface area contributed by atoms with Gasteiger partial charge in [-0.2, -0.15) is 10.1 Å². The van der Waals surface area contributed by atoms with Crippen molar-refractivity contribution in [3.8, 4) is 11.7 Å². The van der Waals surface area contributed by atoms with Gasteiger partial charge in [0.15, 0.2) is 0 Å². The topological polar surface area (TPSA) is 83.7 Å². The van der Waals surface area contributed by atoms with Gasteiger partial charge in [-0.15, -0.1) is 0 Å². The maximum Gasteiger partial charge on any atom is 0.296 e. The van der Waals surface area contributed by atoms with E-state index in [0.29, 0.717) is 17.7 Å². The lowest BCUT2D eigenvalue weighted by Crippen LogP contribution is -2.10. The smallest absolute Gasteiger partial charge is 0.296 e. The molecule has 7 nitrogen and oxygen atoms in total. The number of hydrogen-bond acceptors (Lipinski definition) is 6. The number of H-pyrrole nitrogens is 1. The Morgan fingerprint density at radius 1 is 1.46 bits per heavy atom. The summed E-state index contributed by atoms with van der Waals surface area (Å²) in [5, 5.41) is 10.0. The van der Waals surface area contributed by atoms with E-state index in [1.54, 1.807) is 4.90 Å². The summed E-state index contributed by atoms with van der Waals surface area (Å²) in [7, 11) is 3.66. The van der Waals surface area contributed by atoms with Crippen LogP contribution in [0.4, 0.5) is 5.95 Å². The number of rotatable bonds is 2. The largest absolute Gasteiger partial charge is 0.344 e. The Morgan fingerprint density at radius 3 is 2.85 bits per heavy atom. The van der Waals surface area contributed by atoms with E-state index in [4.69, 9.17) is 4.52 Å². The fraction of sp³-hybridized carbons (Fsp3) is 0.333. The highest BCUT2D eigenvalue weighted by Crippen LogP contribution is 2.13. The molecule has 0 unspecified atom stereocenters. The predicted octanol–water partition coefficient (Wildman–Crippen LogP) is -0.0793. The average molecular weight is 180 g/mol. The van der Waals surface area contributed by atoms with E-state index in [2.05, 4.69) is 25.3 Å². The third-order valence-corrected chi connectivity index (χ3v) is 1.43. The SMILES string of the molecule is CN(C)c1noc(-c2ncn[nH]2)n1. The van der Waals surface area contributed by atoms with Crippen LogP contribution in [0.25, 0.3) is 11.7 Å². The van der Waals surface area contributed by atoms with Gasteiger partial charge >= 0.3 is 0 Å². The van der Waals surface area contributed by atoms with Crippen LogP contribution in [0, 0.1) is 0 Å². The first-order valence-electron chi connectivity index (χ1n) is 3.64. The number of hydrogen-bond donors (Lipinski definition) is 1. The lowest BCUT2D eigenvalue weighted by Gasteiger charge is -2.01. The molecule has 2 aromatic rings. The van der Waals surface area contributed by atoms with Crippen molar-refractivity contribution in [3.05, 3.63) is 6.33 Å². The minimum absolute atomic E-state index is 0.334. The maximum atomic E-state index is 4.93. The molecule has 0 spiro atoms. The van der Waals surface area contributed by atoms with Gasteiger partial charge in [0, 0.05) is 14.1 Å². The van der Waals surface area contributed by atoms with Gasteiger partial charge in [-0.1, -0.05) is 0 Å². The molecule has 0 saturated carbocycles. The number of aromatic amines is 1. The molecule has 2 heterocycles. The molecule has 0 radical (unpaired) electrons. The summed E-state index contributed by atoms with van der Waals surface area (Å²) in [5.74, 6) is 1.31. The van der Waals surface area contributed by atoms with Crippen LogP contribution in [0.15, 0.2) is 10.9 Å². The van der Waals surface area contributed by atoms with Crippen molar-refractivity contribution in [1.29, 1.82) is 0 Å². The lowest BCUT2D eigenvalue weighted by atomic mass is 10.6. The summed E-state index contributed by atoms with van der Waals surface area (Å²) in [6, 6.07) is 0. The highest BCUT2D eigenvalue weighted by atomic mass is 16.5. The summed E-state index contributed by atoms with van der Waals surface area (Å²) in [6.45, 7) is 0. The third kappa shape index (κ3) is 1.35. The van der Waals surface area contributed by atoms with E-state index in [9.17, 15) is 0 Å². The average Bonchev–Trinajstić information content (AvgIpc) is 2.75. The molecule has 2 rings (SSSR count). The summed E-state index contributed by atoms with van der Waals surface area (Å²) < 4.78 is 4.93. The van der Waals surface area contributed by atoms with Gasteiger partial charge in [0.1, 0.15) is 6.33 Å². The molecule has 0 aliphatic rings. The Morgan fingerprint density at radius 2 is 2.31 bits per heavy atom. The Hall–Kier alpha value is -1.92. The van der Waals surface area contributed by atoms with Gasteiger partial charge in [0.25, 0.3) is 11.8 Å². The zero-order valence-electron chi connectivity index (χ0n) is 7.22. The third-order valence-electron chi connectivity index (χ3n) is 1.43. The van der Waals surface area contributed by atoms with Gasteiger partial charge < -0.3 is 9.42 Å². The number of anilines is 1. The molecule has 0 atom stereocenters. The quantitative estimate of drug-likeness (QED) is 0.695. The second-order valence-electron chi connectivity index (χ2n) is 2.63. The molecule has 0 saturated heterocycles. The summed E-state index contributed by atoms with van der Waals surface area (Å²) in [5.41, 5.74) is 0. The van der Waals surface area contributed by atoms with Gasteiger partial charge in [0.05, 0.1) is 0 Å². The van der Waals surface area contributed by atoms with Crippen molar-refractivity contribution in [2.75, 3.05) is 19.0 Å². The van der Waals surface area contributed by atoms with Crippen LogP contribution >= 0.6 is 0 Å². The molecule has 7 heteroatoms. The van der Waals surface area contributed by atoms with E-state index in [0.717, 1.165) is 0 Å². The zero-order chi connectivity index (χ0) is 9.26. The van der Waals surface area contributed by atoms with Crippen molar-refractivity contribution < 1.29 is 4.52 Å². The minimum atomic E-state index is 0.334. The molecule has 0 amide bonds. The van der Waals surface area contributed by atoms with Crippen molar-refractivity contribution in [2.24, 2.45) is 0 Å². The molecule has 0 aliphatic carbocycles. The molecule has 68 valence electrons. The maximum absolute atomic E-state index is 4.93. The molecule has 2 aromatic heterocycles. The first kappa shape index (κ1) is 7.71. The fourth-order valence-electron chi connectivity index (χ4n) is 0.802. The van der Waals surface area contributed by atoms with Crippen LogP contribution < -0.4 is 4.90 Å². The van der Waals surface area contributed by atoms with Crippen LogP contribution in [0.2, 0.25) is 0 Å². The van der Waals surface area contributed by atoms with Crippen molar-refractivity contribution in [1.82, 2.24) is 25.3 Å². The zero-order valence-corrected chi connectivity index (χ0v) is 7.22. The second kappa shape index (κ2) is 2.85. The number of nitrogens with zero attached hydrogens (tertiary/aromatic N) is 5. The van der Waals surface area contributed by atoms with E-state index in [1.807, 2.05) is 14.1 Å². The Balaban J connectivity index is 2.33. The second-order valence-corrected chi connectivity index (χ2v) is 2.63. The molecular weight excluding hydrogens is 172 g/mol. The van der Waals surface area contributed by atoms with E-state index >= 15 is 0 Å². The minimum Gasteiger partial charge on any atom is -0.344 e. The van der Waals surface area contributed by atoms with E-state index < -0.39 is 0 Å². The van der Waals surface area contributed by atoms with Gasteiger partial charge in [-0.3, -0.25) is 5.10 Å². The van der Waals surface area contributed by atoms with Gasteiger partial charge in [-0.05, 0) is 5.16 Å². The fourth-order valence-corrected chi connectivity index (χ4v) is 0.802. The van der Waals surface area contributed by atoms with Crippen LogP contribution in [-0.4, -0.2) is 39.4 Å². The highest BCUT2D eigenvalue weighted by Gasteiger charge is 2.11. The first-order valence-corrected chi connectivity index (χ1v) is 3.64. The molecule has 13 heavy (non-hydrogen) atoms. The summed E-state index contributed by atoms with van der Waals surface area (Å²) in [6.07, 6.45) is 1.38. The first-order chi connectivity index (χ1) is 6.27. The Kier molecular flexibility index (Phi) is 1.69. The standard InChI is InChI=1S/C6H8N6O/c1-12(2)6-9-5(13-11-6)4-7-3-8-10-4/h3H,1-2H3,(H,7,8,10). The normalized spacial score (nSPS) is 10.3. The Bertz CT molecular complexity index is 377. The van der Waals surface area contributed by atoms with Crippen molar-refractivity contribution in [2.45, 2.75) is 0 Å². The van der Waals surface area contributed by atoms with Gasteiger partial charge in [-0.25, -0.2) is 4.98 Å². The molecule has 0 aromatic carbocycles. The predicted molar refractivity (Wildman–Crippen MR) is 44.0 cm³/mol. The van der Waals surface area contributed by atoms with E-state index in [1.165, 1.54) is 6.33 Å². The van der Waals surface area contributed by atoms with Crippen LogP contribution in [0.1, 0.15) is 0 Å². The van der Waals surface area contributed by atoms with Crippen LogP contribution in [0.3, 0.4) is 0 Å². The molecule has 0 fully saturated rings. The highest BCUT2D eigenvalue weighted by molar-refractivity contribution is 5.41. The lowest BCUT2D eigenvalue weighted by molar-refractivity contribution is 0.428. The summed E-state index contributed by atoms with van der Waals surface area (Å²) in [4.78, 5) is 9.68. The molecule has 1 N–H and O–H groups in total. The number of nitrogens with one attached hydrogen (secondary N) is 1. The van der Waals surface area contributed by atoms with Crippen LogP contribution in [-0.2, 0) is 0 Å². The Labute approximate surface area is 73.8 Å². The van der Waals surface area contributed by atoms with Gasteiger partial charge in [0.2, 0.25) is 5.82 Å². The summed E-state index contributed by atoms with van der Waals surface area (Å²) >= 11 is 0. The van der Waals surface area contributed by atoms with Crippen molar-refractivity contribution >= 4 is 5.95 Å². The molecule has 0 aliphatic heterocycles. The molecule has 0 bridgehead atoms. The van der Waals surface area contributed by atoms with Crippen LogP contribution in [0.5, 0.6) is 0 Å². The van der Waals surface area contributed by atoms with E-state index in [-0.39, 0.29) is 0 Å². The van der Waals surface area contributed by atoms with Crippen molar-refractivity contribution in [3.63, 3.8) is 0 Å². The number of aromatic nitrogens is 5. The monoisotopic (exact) mass is 180 g/mol. The molecular formula is C6H8N6O.